The molecule has 1 heterocycles. The van der Waals surface area contributed by atoms with Crippen LogP contribution in [0.1, 0.15) is 12.0 Å². The number of halogens is 1. The molecule has 1 aliphatic heterocycles. The highest BCUT2D eigenvalue weighted by molar-refractivity contribution is 5.97. The minimum Gasteiger partial charge on any atom is -0.409 e. The van der Waals surface area contributed by atoms with Crippen molar-refractivity contribution in [1.29, 1.82) is 0 Å². The Morgan fingerprint density at radius 3 is 2.79 bits per heavy atom. The molecular weight excluding hydrogens is 247 g/mol. The fourth-order valence-corrected chi connectivity index (χ4v) is 2.27. The number of hydrogen-bond acceptors (Lipinski definition) is 4. The maximum atomic E-state index is 14.1. The lowest BCUT2D eigenvalue weighted by molar-refractivity contribution is 0.318. The molecule has 0 aromatic heterocycles. The molecule has 3 N–H and O–H groups in total. The Bertz CT molecular complexity index is 478. The number of benzene rings is 1. The Labute approximate surface area is 112 Å². The molecule has 2 rings (SSSR count). The number of nitrogens with two attached hydrogens (primary N) is 1. The van der Waals surface area contributed by atoms with Crippen molar-refractivity contribution >= 4 is 11.5 Å². The number of anilines is 1. The predicted octanol–water partition coefficient (Wildman–Crippen LogP) is 1.06. The van der Waals surface area contributed by atoms with Crippen LogP contribution in [0, 0.1) is 5.82 Å². The van der Waals surface area contributed by atoms with E-state index in [0.29, 0.717) is 11.3 Å². The van der Waals surface area contributed by atoms with Gasteiger partial charge in [0.2, 0.25) is 0 Å². The molecule has 104 valence electrons. The molecule has 5 nitrogen and oxygen atoms in total. The first-order valence-corrected chi connectivity index (χ1v) is 6.33. The van der Waals surface area contributed by atoms with Gasteiger partial charge in [-0.25, -0.2) is 4.39 Å². The second-order valence-corrected chi connectivity index (χ2v) is 4.80. The highest BCUT2D eigenvalue weighted by Gasteiger charge is 2.16. The van der Waals surface area contributed by atoms with Gasteiger partial charge in [0.15, 0.2) is 5.84 Å². The monoisotopic (exact) mass is 266 g/mol. The first-order valence-electron chi connectivity index (χ1n) is 6.33. The maximum Gasteiger partial charge on any atom is 0.170 e. The van der Waals surface area contributed by atoms with E-state index < -0.39 is 0 Å². The molecular formula is C13H19FN4O. The van der Waals surface area contributed by atoms with Gasteiger partial charge in [-0.15, -0.1) is 0 Å². The lowest BCUT2D eigenvalue weighted by Crippen LogP contribution is -2.29. The Morgan fingerprint density at radius 1 is 1.32 bits per heavy atom. The van der Waals surface area contributed by atoms with Crippen LogP contribution in [0.25, 0.3) is 0 Å². The first kappa shape index (κ1) is 13.6. The largest absolute Gasteiger partial charge is 0.409 e. The Kier molecular flexibility index (Phi) is 4.21. The molecule has 0 spiro atoms. The Hall–Kier alpha value is -1.82. The van der Waals surface area contributed by atoms with E-state index in [1.54, 1.807) is 12.1 Å². The standard InChI is InChI=1S/C13H19FN4O/c1-17-5-2-6-18(8-7-17)12-4-3-10(9-11(12)14)13(15)16-19/h3-4,9,19H,2,5-8H2,1H3,(H2,15,16). The summed E-state index contributed by atoms with van der Waals surface area (Å²) in [6, 6.07) is 4.66. The Balaban J connectivity index is 2.21. The zero-order chi connectivity index (χ0) is 13.8. The highest BCUT2D eigenvalue weighted by atomic mass is 19.1. The lowest BCUT2D eigenvalue weighted by Gasteiger charge is -2.23. The van der Waals surface area contributed by atoms with E-state index >= 15 is 0 Å². The zero-order valence-corrected chi connectivity index (χ0v) is 11.0. The third-order valence-electron chi connectivity index (χ3n) is 3.41. The number of oxime groups is 1. The molecule has 6 heteroatoms. The number of nitrogens with zero attached hydrogens (tertiary/aromatic N) is 3. The molecule has 0 radical (unpaired) electrons. The van der Waals surface area contributed by atoms with Crippen LogP contribution in [0.5, 0.6) is 0 Å². The highest BCUT2D eigenvalue weighted by Crippen LogP contribution is 2.21. The summed E-state index contributed by atoms with van der Waals surface area (Å²) in [6.45, 7) is 3.59. The van der Waals surface area contributed by atoms with E-state index in [2.05, 4.69) is 17.1 Å². The van der Waals surface area contributed by atoms with Crippen LogP contribution in [0.15, 0.2) is 23.4 Å². The number of hydrogen-bond donors (Lipinski definition) is 2. The van der Waals surface area contributed by atoms with Crippen molar-refractivity contribution < 1.29 is 9.60 Å². The molecule has 0 amide bonds. The number of likely N-dealkylation sites (N-methyl/N-ethyl adjacent to an activating group) is 1. The molecule has 0 atom stereocenters. The van der Waals surface area contributed by atoms with E-state index in [1.165, 1.54) is 6.07 Å². The van der Waals surface area contributed by atoms with Crippen molar-refractivity contribution in [2.24, 2.45) is 10.9 Å². The van der Waals surface area contributed by atoms with Crippen molar-refractivity contribution in [3.05, 3.63) is 29.6 Å². The Morgan fingerprint density at radius 2 is 2.11 bits per heavy atom. The van der Waals surface area contributed by atoms with E-state index in [-0.39, 0.29) is 11.7 Å². The van der Waals surface area contributed by atoms with Crippen LogP contribution < -0.4 is 10.6 Å². The van der Waals surface area contributed by atoms with Gasteiger partial charge in [-0.2, -0.15) is 0 Å². The molecule has 0 saturated carbocycles. The molecule has 0 aliphatic carbocycles. The van der Waals surface area contributed by atoms with Crippen LogP contribution in [-0.2, 0) is 0 Å². The van der Waals surface area contributed by atoms with Crippen molar-refractivity contribution in [3.8, 4) is 0 Å². The van der Waals surface area contributed by atoms with Crippen molar-refractivity contribution in [1.82, 2.24) is 4.90 Å². The van der Waals surface area contributed by atoms with E-state index in [0.717, 1.165) is 32.6 Å². The summed E-state index contributed by atoms with van der Waals surface area (Å²) in [7, 11) is 2.07. The minimum absolute atomic E-state index is 0.0824. The predicted molar refractivity (Wildman–Crippen MR) is 73.2 cm³/mol. The molecule has 1 aromatic rings. The lowest BCUT2D eigenvalue weighted by atomic mass is 10.1. The van der Waals surface area contributed by atoms with Gasteiger partial charge in [-0.1, -0.05) is 5.16 Å². The first-order chi connectivity index (χ1) is 9.11. The summed E-state index contributed by atoms with van der Waals surface area (Å²) in [5.74, 6) is -0.422. The SMILES string of the molecule is CN1CCCN(c2ccc(/C(N)=N/O)cc2F)CC1. The average Bonchev–Trinajstić information content (AvgIpc) is 2.62. The van der Waals surface area contributed by atoms with Crippen LogP contribution in [0.3, 0.4) is 0 Å². The van der Waals surface area contributed by atoms with Gasteiger partial charge in [-0.3, -0.25) is 0 Å². The van der Waals surface area contributed by atoms with Crippen LogP contribution in [0.4, 0.5) is 10.1 Å². The normalized spacial score (nSPS) is 18.4. The van der Waals surface area contributed by atoms with Gasteiger partial charge in [0.1, 0.15) is 5.82 Å². The molecule has 1 aliphatic rings. The van der Waals surface area contributed by atoms with Crippen LogP contribution in [-0.4, -0.2) is 49.2 Å². The summed E-state index contributed by atoms with van der Waals surface area (Å²) < 4.78 is 14.1. The average molecular weight is 266 g/mol. The fraction of sp³-hybridized carbons (Fsp3) is 0.462. The fourth-order valence-electron chi connectivity index (χ4n) is 2.27. The minimum atomic E-state index is -0.339. The summed E-state index contributed by atoms with van der Waals surface area (Å²) in [5.41, 5.74) is 6.41. The van der Waals surface area contributed by atoms with E-state index in [1.807, 2.05) is 4.90 Å². The topological polar surface area (TPSA) is 65.1 Å². The third kappa shape index (κ3) is 3.14. The quantitative estimate of drug-likeness (QED) is 0.364. The van der Waals surface area contributed by atoms with Crippen molar-refractivity contribution in [3.63, 3.8) is 0 Å². The molecule has 1 fully saturated rings. The van der Waals surface area contributed by atoms with Gasteiger partial charge in [0.25, 0.3) is 0 Å². The summed E-state index contributed by atoms with van der Waals surface area (Å²) in [6.07, 6.45) is 1.01. The van der Waals surface area contributed by atoms with Gasteiger partial charge in [-0.05, 0) is 38.2 Å². The summed E-state index contributed by atoms with van der Waals surface area (Å²) in [4.78, 5) is 4.28. The molecule has 19 heavy (non-hydrogen) atoms. The molecule has 0 unspecified atom stereocenters. The number of rotatable bonds is 2. The summed E-state index contributed by atoms with van der Waals surface area (Å²) >= 11 is 0. The van der Waals surface area contributed by atoms with E-state index in [9.17, 15) is 4.39 Å². The van der Waals surface area contributed by atoms with E-state index in [4.69, 9.17) is 10.9 Å². The molecule has 0 bridgehead atoms. The number of amidine groups is 1. The zero-order valence-electron chi connectivity index (χ0n) is 11.0. The van der Waals surface area contributed by atoms with Crippen LogP contribution >= 0.6 is 0 Å². The van der Waals surface area contributed by atoms with Crippen molar-refractivity contribution in [2.45, 2.75) is 6.42 Å². The third-order valence-corrected chi connectivity index (χ3v) is 3.41. The van der Waals surface area contributed by atoms with Gasteiger partial charge >= 0.3 is 0 Å². The van der Waals surface area contributed by atoms with Gasteiger partial charge in [0.05, 0.1) is 5.69 Å². The second kappa shape index (κ2) is 5.88. The molecule has 1 saturated heterocycles. The smallest absolute Gasteiger partial charge is 0.170 e. The van der Waals surface area contributed by atoms with Crippen molar-refractivity contribution in [2.75, 3.05) is 38.1 Å². The summed E-state index contributed by atoms with van der Waals surface area (Å²) in [5, 5.41) is 11.5. The van der Waals surface area contributed by atoms with Gasteiger partial charge in [0, 0.05) is 25.2 Å². The second-order valence-electron chi connectivity index (χ2n) is 4.80. The van der Waals surface area contributed by atoms with Gasteiger partial charge < -0.3 is 20.7 Å². The van der Waals surface area contributed by atoms with Crippen LogP contribution in [0.2, 0.25) is 0 Å². The maximum absolute atomic E-state index is 14.1. The molecule has 1 aromatic carbocycles.